The molecule has 3 aromatic carbocycles. The van der Waals surface area contributed by atoms with Gasteiger partial charge < -0.3 is 14.8 Å². The molecular formula is C26H27ClN2O5S. The lowest BCUT2D eigenvalue weighted by Crippen LogP contribution is -2.42. The fraction of sp³-hybridized carbons (Fsp3) is 0.269. The maximum Gasteiger partial charge on any atom is 0.264 e. The number of nitrogens with zero attached hydrogens (tertiary/aromatic N) is 1. The number of anilines is 1. The van der Waals surface area contributed by atoms with Crippen molar-refractivity contribution >= 4 is 33.2 Å². The fourth-order valence-corrected chi connectivity index (χ4v) is 5.48. The van der Waals surface area contributed by atoms with E-state index in [1.807, 2.05) is 26.0 Å². The van der Waals surface area contributed by atoms with Crippen LogP contribution in [0.4, 0.5) is 5.69 Å². The summed E-state index contributed by atoms with van der Waals surface area (Å²) in [4.78, 5) is 13.2. The molecule has 1 aliphatic heterocycles. The van der Waals surface area contributed by atoms with Gasteiger partial charge in [0.2, 0.25) is 5.91 Å². The number of halogens is 1. The SMILES string of the molecule is Cc1ccc(S(=O)(=O)N(CC(=O)N[C@H](C)c2ccc3c(c2)OCCO3)c2cccc(Cl)c2C)cc1. The highest BCUT2D eigenvalue weighted by atomic mass is 35.5. The van der Waals surface area contributed by atoms with Crippen LogP contribution >= 0.6 is 11.6 Å². The van der Waals surface area contributed by atoms with Crippen LogP contribution in [0.15, 0.2) is 65.6 Å². The zero-order valence-corrected chi connectivity index (χ0v) is 21.3. The molecule has 0 unspecified atom stereocenters. The number of benzene rings is 3. The monoisotopic (exact) mass is 514 g/mol. The van der Waals surface area contributed by atoms with Crippen LogP contribution in [-0.4, -0.2) is 34.1 Å². The van der Waals surface area contributed by atoms with Gasteiger partial charge >= 0.3 is 0 Å². The van der Waals surface area contributed by atoms with Gasteiger partial charge in [0.1, 0.15) is 19.8 Å². The van der Waals surface area contributed by atoms with Gasteiger partial charge in [0.05, 0.1) is 16.6 Å². The highest BCUT2D eigenvalue weighted by molar-refractivity contribution is 7.92. The molecule has 9 heteroatoms. The molecule has 1 atom stereocenters. The first-order valence-corrected chi connectivity index (χ1v) is 13.0. The quantitative estimate of drug-likeness (QED) is 0.489. The Bertz CT molecular complexity index is 1340. The van der Waals surface area contributed by atoms with Gasteiger partial charge in [-0.3, -0.25) is 9.10 Å². The molecule has 1 amide bonds. The number of fused-ring (bicyclic) bond motifs is 1. The zero-order valence-electron chi connectivity index (χ0n) is 19.7. The lowest BCUT2D eigenvalue weighted by atomic mass is 10.1. The minimum Gasteiger partial charge on any atom is -0.486 e. The molecule has 0 radical (unpaired) electrons. The Morgan fingerprint density at radius 2 is 1.71 bits per heavy atom. The maximum atomic E-state index is 13.6. The summed E-state index contributed by atoms with van der Waals surface area (Å²) in [6, 6.07) is 16.6. The van der Waals surface area contributed by atoms with Crippen molar-refractivity contribution in [2.24, 2.45) is 0 Å². The summed E-state index contributed by atoms with van der Waals surface area (Å²) in [5.41, 5.74) is 2.66. The first-order chi connectivity index (χ1) is 16.7. The summed E-state index contributed by atoms with van der Waals surface area (Å²) in [6.07, 6.45) is 0. The third-order valence-electron chi connectivity index (χ3n) is 5.85. The van der Waals surface area contributed by atoms with Gasteiger partial charge in [0.25, 0.3) is 10.0 Å². The van der Waals surface area contributed by atoms with E-state index in [9.17, 15) is 13.2 Å². The standard InChI is InChI=1S/C26H27ClN2O5S/c1-17-7-10-21(11-8-17)35(31,32)29(23-6-4-5-22(27)18(23)2)16-26(30)28-19(3)20-9-12-24-25(15-20)34-14-13-33-24/h4-12,15,19H,13-14,16H2,1-3H3,(H,28,30)/t19-/m1/s1. The van der Waals surface area contributed by atoms with E-state index in [1.54, 1.807) is 43.3 Å². The van der Waals surface area contributed by atoms with E-state index in [0.717, 1.165) is 15.4 Å². The van der Waals surface area contributed by atoms with E-state index in [0.29, 0.717) is 41.0 Å². The molecule has 7 nitrogen and oxygen atoms in total. The van der Waals surface area contributed by atoms with E-state index in [2.05, 4.69) is 5.32 Å². The van der Waals surface area contributed by atoms with Crippen LogP contribution in [0, 0.1) is 13.8 Å². The second kappa shape index (κ2) is 10.2. The number of amides is 1. The van der Waals surface area contributed by atoms with Gasteiger partial charge in [-0.05, 0) is 68.3 Å². The summed E-state index contributed by atoms with van der Waals surface area (Å²) in [6.45, 7) is 5.97. The van der Waals surface area contributed by atoms with Crippen LogP contribution < -0.4 is 19.1 Å². The van der Waals surface area contributed by atoms with Crippen LogP contribution in [0.5, 0.6) is 11.5 Å². The zero-order chi connectivity index (χ0) is 25.2. The Kier molecular flexibility index (Phi) is 7.23. The first kappa shape index (κ1) is 24.9. The average molecular weight is 515 g/mol. The van der Waals surface area contributed by atoms with Crippen molar-refractivity contribution in [2.45, 2.75) is 31.7 Å². The number of hydrogen-bond acceptors (Lipinski definition) is 5. The number of nitrogens with one attached hydrogen (secondary N) is 1. The molecule has 1 aliphatic rings. The molecule has 0 bridgehead atoms. The van der Waals surface area contributed by atoms with E-state index in [4.69, 9.17) is 21.1 Å². The summed E-state index contributed by atoms with van der Waals surface area (Å²) in [7, 11) is -4.04. The van der Waals surface area contributed by atoms with Gasteiger partial charge in [-0.1, -0.05) is 41.4 Å². The third kappa shape index (κ3) is 5.39. The fourth-order valence-electron chi connectivity index (χ4n) is 3.83. The lowest BCUT2D eigenvalue weighted by Gasteiger charge is -2.27. The van der Waals surface area contributed by atoms with Crippen LogP contribution in [0.3, 0.4) is 0 Å². The average Bonchev–Trinajstić information content (AvgIpc) is 2.84. The smallest absolute Gasteiger partial charge is 0.264 e. The molecule has 1 N–H and O–H groups in total. The summed E-state index contributed by atoms with van der Waals surface area (Å²) < 4.78 is 39.5. The largest absolute Gasteiger partial charge is 0.486 e. The summed E-state index contributed by atoms with van der Waals surface area (Å²) in [5.74, 6) is 0.820. The molecule has 4 rings (SSSR count). The number of hydrogen-bond donors (Lipinski definition) is 1. The van der Waals surface area contributed by atoms with E-state index < -0.39 is 22.5 Å². The van der Waals surface area contributed by atoms with Crippen molar-refractivity contribution in [3.8, 4) is 11.5 Å². The van der Waals surface area contributed by atoms with Gasteiger partial charge in [-0.15, -0.1) is 0 Å². The molecule has 35 heavy (non-hydrogen) atoms. The Morgan fingerprint density at radius 3 is 2.43 bits per heavy atom. The van der Waals surface area contributed by atoms with Crippen LogP contribution in [0.1, 0.15) is 29.7 Å². The Balaban J connectivity index is 1.61. The molecule has 0 saturated heterocycles. The molecule has 0 spiro atoms. The molecule has 1 heterocycles. The topological polar surface area (TPSA) is 84.9 Å². The minimum atomic E-state index is -4.04. The van der Waals surface area contributed by atoms with Crippen molar-refractivity contribution in [1.82, 2.24) is 5.32 Å². The van der Waals surface area contributed by atoms with Crippen molar-refractivity contribution in [3.05, 3.63) is 82.4 Å². The molecule has 0 fully saturated rings. The molecule has 0 aromatic heterocycles. The van der Waals surface area contributed by atoms with E-state index >= 15 is 0 Å². The minimum absolute atomic E-state index is 0.0927. The van der Waals surface area contributed by atoms with Gasteiger partial charge in [-0.25, -0.2) is 8.42 Å². The number of aryl methyl sites for hydroxylation is 1. The Labute approximate surface area is 210 Å². The number of sulfonamides is 1. The van der Waals surface area contributed by atoms with E-state index in [1.165, 1.54) is 12.1 Å². The van der Waals surface area contributed by atoms with Crippen molar-refractivity contribution in [1.29, 1.82) is 0 Å². The van der Waals surface area contributed by atoms with Crippen molar-refractivity contribution < 1.29 is 22.7 Å². The normalized spacial score (nSPS) is 13.7. The number of ether oxygens (including phenoxy) is 2. The molecule has 0 aliphatic carbocycles. The highest BCUT2D eigenvalue weighted by Gasteiger charge is 2.29. The summed E-state index contributed by atoms with van der Waals surface area (Å²) >= 11 is 6.29. The van der Waals surface area contributed by atoms with Gasteiger partial charge in [-0.2, -0.15) is 0 Å². The maximum absolute atomic E-state index is 13.6. The first-order valence-electron chi connectivity index (χ1n) is 11.2. The van der Waals surface area contributed by atoms with Crippen LogP contribution in [0.2, 0.25) is 5.02 Å². The number of rotatable bonds is 7. The van der Waals surface area contributed by atoms with E-state index in [-0.39, 0.29) is 10.9 Å². The Hall–Kier alpha value is -3.23. The molecule has 184 valence electrons. The van der Waals surface area contributed by atoms with Crippen molar-refractivity contribution in [2.75, 3.05) is 24.1 Å². The Morgan fingerprint density at radius 1 is 1.03 bits per heavy atom. The van der Waals surface area contributed by atoms with Gasteiger partial charge in [0.15, 0.2) is 11.5 Å². The predicted molar refractivity (Wildman–Crippen MR) is 136 cm³/mol. The van der Waals surface area contributed by atoms with Crippen LogP contribution in [-0.2, 0) is 14.8 Å². The molecule has 3 aromatic rings. The van der Waals surface area contributed by atoms with Crippen molar-refractivity contribution in [3.63, 3.8) is 0 Å². The second-order valence-electron chi connectivity index (χ2n) is 8.40. The lowest BCUT2D eigenvalue weighted by molar-refractivity contribution is -0.120. The number of carbonyl (C=O) groups is 1. The number of carbonyl (C=O) groups excluding carboxylic acids is 1. The van der Waals surface area contributed by atoms with Crippen LogP contribution in [0.25, 0.3) is 0 Å². The molecular weight excluding hydrogens is 488 g/mol. The molecule has 0 saturated carbocycles. The van der Waals surface area contributed by atoms with Gasteiger partial charge in [0, 0.05) is 5.02 Å². The summed E-state index contributed by atoms with van der Waals surface area (Å²) in [5, 5.41) is 3.31. The third-order valence-corrected chi connectivity index (χ3v) is 8.03. The second-order valence-corrected chi connectivity index (χ2v) is 10.7. The highest BCUT2D eigenvalue weighted by Crippen LogP contribution is 2.33. The predicted octanol–water partition coefficient (Wildman–Crippen LogP) is 4.80.